The van der Waals surface area contributed by atoms with Crippen LogP contribution in [0.5, 0.6) is 0 Å². The van der Waals surface area contributed by atoms with Crippen LogP contribution in [0.2, 0.25) is 0 Å². The van der Waals surface area contributed by atoms with Crippen molar-refractivity contribution >= 4 is 5.91 Å². The number of carbonyl (C=O) groups is 1. The molecule has 0 bridgehead atoms. The molecule has 0 saturated carbocycles. The van der Waals surface area contributed by atoms with E-state index >= 15 is 0 Å². The summed E-state index contributed by atoms with van der Waals surface area (Å²) < 4.78 is 0. The fourth-order valence-corrected chi connectivity index (χ4v) is 3.05. The number of hydrogen-bond donors (Lipinski definition) is 1. The van der Waals surface area contributed by atoms with E-state index in [0.717, 1.165) is 32.5 Å². The van der Waals surface area contributed by atoms with Gasteiger partial charge >= 0.3 is 0 Å². The maximum atomic E-state index is 12.5. The Morgan fingerprint density at radius 3 is 2.40 bits per heavy atom. The Morgan fingerprint density at radius 2 is 1.85 bits per heavy atom. The third-order valence-corrected chi connectivity index (χ3v) is 4.21. The second kappa shape index (κ2) is 6.40. The first kappa shape index (κ1) is 15.0. The van der Waals surface area contributed by atoms with Gasteiger partial charge in [0.25, 0.3) is 0 Å². The molecular weight excluding hydrogens is 248 g/mol. The summed E-state index contributed by atoms with van der Waals surface area (Å²) in [6.45, 7) is 8.54. The van der Waals surface area contributed by atoms with E-state index in [0.29, 0.717) is 5.92 Å². The van der Waals surface area contributed by atoms with E-state index < -0.39 is 5.54 Å². The number of benzene rings is 1. The van der Waals surface area contributed by atoms with Crippen LogP contribution < -0.4 is 5.32 Å². The summed E-state index contributed by atoms with van der Waals surface area (Å²) in [5, 5.41) is 3.27. The fraction of sp³-hybridized carbons (Fsp3) is 0.588. The first-order valence-corrected chi connectivity index (χ1v) is 7.64. The lowest BCUT2D eigenvalue weighted by atomic mass is 9.88. The van der Waals surface area contributed by atoms with Crippen LogP contribution in [-0.4, -0.2) is 36.0 Å². The highest BCUT2D eigenvalue weighted by atomic mass is 16.2. The van der Waals surface area contributed by atoms with Gasteiger partial charge in [0.2, 0.25) is 5.91 Å². The predicted octanol–water partition coefficient (Wildman–Crippen LogP) is 2.78. The molecule has 1 aromatic rings. The van der Waals surface area contributed by atoms with Gasteiger partial charge in [-0.1, -0.05) is 37.3 Å². The summed E-state index contributed by atoms with van der Waals surface area (Å²) in [7, 11) is 0. The summed E-state index contributed by atoms with van der Waals surface area (Å²) >= 11 is 0. The quantitative estimate of drug-likeness (QED) is 0.915. The summed E-state index contributed by atoms with van der Waals surface area (Å²) in [4.78, 5) is 14.5. The highest BCUT2D eigenvalue weighted by Gasteiger charge is 2.33. The first-order valence-electron chi connectivity index (χ1n) is 7.64. The van der Waals surface area contributed by atoms with Gasteiger partial charge in [0.15, 0.2) is 0 Å². The number of nitrogens with zero attached hydrogens (tertiary/aromatic N) is 1. The van der Waals surface area contributed by atoms with Gasteiger partial charge in [-0.25, -0.2) is 0 Å². The molecule has 0 radical (unpaired) electrons. The van der Waals surface area contributed by atoms with Crippen LogP contribution in [0, 0.1) is 0 Å². The molecule has 0 aliphatic carbocycles. The molecular formula is C17H26N2O. The van der Waals surface area contributed by atoms with Crippen molar-refractivity contribution in [2.75, 3.05) is 19.6 Å². The Hall–Kier alpha value is -1.35. The lowest BCUT2D eigenvalue weighted by Gasteiger charge is -2.37. The van der Waals surface area contributed by atoms with Crippen LogP contribution in [0.4, 0.5) is 0 Å². The molecule has 1 aromatic carbocycles. The van der Waals surface area contributed by atoms with Gasteiger partial charge in [0, 0.05) is 13.1 Å². The molecule has 1 N–H and O–H groups in total. The molecule has 1 amide bonds. The highest BCUT2D eigenvalue weighted by Crippen LogP contribution is 2.28. The molecule has 3 nitrogen and oxygen atoms in total. The second-order valence-electron chi connectivity index (χ2n) is 6.13. The molecule has 20 heavy (non-hydrogen) atoms. The standard InChI is InChI=1S/C17H26N2O/c1-4-18-17(2,3)16(20)19-12-10-15(11-13-19)14-8-6-5-7-9-14/h5-9,15,18H,4,10-13H2,1-3H3. The monoisotopic (exact) mass is 274 g/mol. The molecule has 110 valence electrons. The molecule has 0 atom stereocenters. The normalized spacial score (nSPS) is 17.2. The van der Waals surface area contributed by atoms with Crippen LogP contribution in [0.15, 0.2) is 30.3 Å². The minimum Gasteiger partial charge on any atom is -0.341 e. The van der Waals surface area contributed by atoms with E-state index in [1.54, 1.807) is 0 Å². The molecule has 0 unspecified atom stereocenters. The molecule has 1 saturated heterocycles. The van der Waals surface area contributed by atoms with E-state index in [1.807, 2.05) is 25.7 Å². The molecule has 1 aliphatic rings. The van der Waals surface area contributed by atoms with E-state index in [9.17, 15) is 4.79 Å². The van der Waals surface area contributed by atoms with Crippen molar-refractivity contribution in [2.24, 2.45) is 0 Å². The molecule has 3 heteroatoms. The number of likely N-dealkylation sites (N-methyl/N-ethyl adjacent to an activating group) is 1. The number of piperidine rings is 1. The van der Waals surface area contributed by atoms with Gasteiger partial charge in [-0.2, -0.15) is 0 Å². The lowest BCUT2D eigenvalue weighted by Crippen LogP contribution is -2.55. The number of hydrogen-bond acceptors (Lipinski definition) is 2. The van der Waals surface area contributed by atoms with Gasteiger partial charge in [-0.15, -0.1) is 0 Å². The number of likely N-dealkylation sites (tertiary alicyclic amines) is 1. The van der Waals surface area contributed by atoms with Crippen molar-refractivity contribution in [2.45, 2.75) is 45.1 Å². The van der Waals surface area contributed by atoms with Crippen molar-refractivity contribution in [3.63, 3.8) is 0 Å². The van der Waals surface area contributed by atoms with E-state index in [4.69, 9.17) is 0 Å². The van der Waals surface area contributed by atoms with Crippen molar-refractivity contribution < 1.29 is 4.79 Å². The van der Waals surface area contributed by atoms with Crippen LogP contribution in [-0.2, 0) is 4.79 Å². The van der Waals surface area contributed by atoms with Gasteiger partial charge in [-0.05, 0) is 44.7 Å². The molecule has 0 spiro atoms. The Labute approximate surface area is 122 Å². The zero-order chi connectivity index (χ0) is 14.6. The van der Waals surface area contributed by atoms with Gasteiger partial charge < -0.3 is 10.2 Å². The fourth-order valence-electron chi connectivity index (χ4n) is 3.05. The largest absolute Gasteiger partial charge is 0.341 e. The molecule has 1 aliphatic heterocycles. The minimum absolute atomic E-state index is 0.228. The molecule has 0 aromatic heterocycles. The zero-order valence-corrected chi connectivity index (χ0v) is 12.9. The zero-order valence-electron chi connectivity index (χ0n) is 12.9. The Balaban J connectivity index is 1.93. The van der Waals surface area contributed by atoms with Gasteiger partial charge in [0.1, 0.15) is 0 Å². The van der Waals surface area contributed by atoms with Crippen LogP contribution in [0.1, 0.15) is 45.1 Å². The Kier molecular flexibility index (Phi) is 4.81. The van der Waals surface area contributed by atoms with Gasteiger partial charge in [0.05, 0.1) is 5.54 Å². The van der Waals surface area contributed by atoms with Gasteiger partial charge in [-0.3, -0.25) is 4.79 Å². The topological polar surface area (TPSA) is 32.3 Å². The molecule has 2 rings (SSSR count). The van der Waals surface area contributed by atoms with E-state index in [-0.39, 0.29) is 5.91 Å². The minimum atomic E-state index is -0.450. The van der Waals surface area contributed by atoms with Crippen LogP contribution in [0.25, 0.3) is 0 Å². The smallest absolute Gasteiger partial charge is 0.242 e. The highest BCUT2D eigenvalue weighted by molar-refractivity contribution is 5.85. The lowest BCUT2D eigenvalue weighted by molar-refractivity contribution is -0.138. The average Bonchev–Trinajstić information content (AvgIpc) is 2.47. The number of nitrogens with one attached hydrogen (secondary N) is 1. The number of carbonyl (C=O) groups excluding carboxylic acids is 1. The van der Waals surface area contributed by atoms with Crippen LogP contribution in [0.3, 0.4) is 0 Å². The molecule has 1 heterocycles. The van der Waals surface area contributed by atoms with E-state index in [1.165, 1.54) is 5.56 Å². The summed E-state index contributed by atoms with van der Waals surface area (Å²) in [5.41, 5.74) is 0.958. The number of rotatable bonds is 4. The average molecular weight is 274 g/mol. The third kappa shape index (κ3) is 3.40. The number of amides is 1. The summed E-state index contributed by atoms with van der Waals surface area (Å²) in [6.07, 6.45) is 2.13. The second-order valence-corrected chi connectivity index (χ2v) is 6.13. The van der Waals surface area contributed by atoms with Crippen molar-refractivity contribution in [3.05, 3.63) is 35.9 Å². The Bertz CT molecular complexity index is 434. The maximum absolute atomic E-state index is 12.5. The van der Waals surface area contributed by atoms with E-state index in [2.05, 4.69) is 35.6 Å². The maximum Gasteiger partial charge on any atom is 0.242 e. The predicted molar refractivity (Wildman–Crippen MR) is 82.8 cm³/mol. The Morgan fingerprint density at radius 1 is 1.25 bits per heavy atom. The van der Waals surface area contributed by atoms with Crippen molar-refractivity contribution in [1.82, 2.24) is 10.2 Å². The molecule has 1 fully saturated rings. The summed E-state index contributed by atoms with van der Waals surface area (Å²) in [5.74, 6) is 0.827. The van der Waals surface area contributed by atoms with Crippen molar-refractivity contribution in [1.29, 1.82) is 0 Å². The van der Waals surface area contributed by atoms with Crippen LogP contribution >= 0.6 is 0 Å². The SMILES string of the molecule is CCNC(C)(C)C(=O)N1CCC(c2ccccc2)CC1. The third-order valence-electron chi connectivity index (χ3n) is 4.21. The summed E-state index contributed by atoms with van der Waals surface area (Å²) in [6, 6.07) is 10.7. The van der Waals surface area contributed by atoms with Crippen molar-refractivity contribution in [3.8, 4) is 0 Å². The first-order chi connectivity index (χ1) is 9.54.